The summed E-state index contributed by atoms with van der Waals surface area (Å²) in [5.74, 6) is 0. The highest BCUT2D eigenvalue weighted by Gasteiger charge is 2.41. The van der Waals surface area contributed by atoms with Crippen molar-refractivity contribution in [2.45, 2.75) is 63.5 Å². The fourth-order valence-corrected chi connectivity index (χ4v) is 3.45. The minimum Gasteiger partial charge on any atom is -0.375 e. The standard InChI is InChI=1S/C14H24N2O/c1-2-9-16(10-8-15)13-5-11-17-14(12-13)6-3-4-7-14/h13H,2-7,9-12H2,1H3. The number of nitriles is 1. The van der Waals surface area contributed by atoms with Gasteiger partial charge in [-0.1, -0.05) is 19.8 Å². The topological polar surface area (TPSA) is 36.3 Å². The second kappa shape index (κ2) is 5.84. The zero-order chi connectivity index (χ0) is 12.1. The zero-order valence-corrected chi connectivity index (χ0v) is 11.0. The van der Waals surface area contributed by atoms with E-state index in [1.807, 2.05) is 0 Å². The van der Waals surface area contributed by atoms with Gasteiger partial charge in [-0.25, -0.2) is 0 Å². The van der Waals surface area contributed by atoms with Crippen LogP contribution >= 0.6 is 0 Å². The molecule has 0 aromatic heterocycles. The lowest BCUT2D eigenvalue weighted by Crippen LogP contribution is -2.48. The molecule has 1 aliphatic heterocycles. The molecular weight excluding hydrogens is 212 g/mol. The maximum absolute atomic E-state index is 8.93. The molecule has 1 unspecified atom stereocenters. The van der Waals surface area contributed by atoms with Gasteiger partial charge in [-0.15, -0.1) is 0 Å². The third kappa shape index (κ3) is 3.00. The summed E-state index contributed by atoms with van der Waals surface area (Å²) in [5.41, 5.74) is 0.171. The Morgan fingerprint density at radius 1 is 1.41 bits per heavy atom. The average Bonchev–Trinajstić information content (AvgIpc) is 2.77. The minimum absolute atomic E-state index is 0.171. The van der Waals surface area contributed by atoms with E-state index in [1.54, 1.807) is 0 Å². The van der Waals surface area contributed by atoms with Gasteiger partial charge in [0.1, 0.15) is 0 Å². The van der Waals surface area contributed by atoms with Crippen LogP contribution in [0.25, 0.3) is 0 Å². The Hall–Kier alpha value is -0.590. The highest BCUT2D eigenvalue weighted by molar-refractivity contribution is 4.95. The first-order valence-corrected chi connectivity index (χ1v) is 7.04. The lowest BCUT2D eigenvalue weighted by atomic mass is 9.88. The van der Waals surface area contributed by atoms with E-state index in [4.69, 9.17) is 10.00 Å². The molecule has 1 heterocycles. The molecule has 1 atom stereocenters. The number of nitrogens with zero attached hydrogens (tertiary/aromatic N) is 2. The van der Waals surface area contributed by atoms with Gasteiger partial charge >= 0.3 is 0 Å². The Morgan fingerprint density at radius 3 is 2.82 bits per heavy atom. The molecular formula is C14H24N2O. The summed E-state index contributed by atoms with van der Waals surface area (Å²) in [7, 11) is 0. The van der Waals surface area contributed by atoms with Crippen molar-refractivity contribution in [3.8, 4) is 6.07 Å². The SMILES string of the molecule is CCCN(CC#N)C1CCOC2(CCCC2)C1. The van der Waals surface area contributed by atoms with E-state index >= 15 is 0 Å². The Kier molecular flexibility index (Phi) is 4.42. The van der Waals surface area contributed by atoms with Crippen molar-refractivity contribution in [3.05, 3.63) is 0 Å². The second-order valence-corrected chi connectivity index (χ2v) is 5.51. The summed E-state index contributed by atoms with van der Waals surface area (Å²) >= 11 is 0. The largest absolute Gasteiger partial charge is 0.375 e. The van der Waals surface area contributed by atoms with Crippen LogP contribution in [0.5, 0.6) is 0 Å². The molecule has 3 nitrogen and oxygen atoms in total. The molecule has 0 amide bonds. The maximum atomic E-state index is 8.93. The van der Waals surface area contributed by atoms with Crippen LogP contribution < -0.4 is 0 Å². The van der Waals surface area contributed by atoms with Crippen LogP contribution in [-0.2, 0) is 4.74 Å². The van der Waals surface area contributed by atoms with Crippen molar-refractivity contribution >= 4 is 0 Å². The molecule has 1 spiro atoms. The molecule has 0 aromatic rings. The highest BCUT2D eigenvalue weighted by Crippen LogP contribution is 2.41. The van der Waals surface area contributed by atoms with Crippen LogP contribution in [0.2, 0.25) is 0 Å². The van der Waals surface area contributed by atoms with Crippen LogP contribution in [-0.4, -0.2) is 36.2 Å². The van der Waals surface area contributed by atoms with Crippen molar-refractivity contribution in [2.24, 2.45) is 0 Å². The van der Waals surface area contributed by atoms with Gasteiger partial charge in [-0.05, 0) is 38.6 Å². The molecule has 0 bridgehead atoms. The van der Waals surface area contributed by atoms with E-state index in [-0.39, 0.29) is 5.60 Å². The van der Waals surface area contributed by atoms with Gasteiger partial charge in [-0.3, -0.25) is 4.90 Å². The highest BCUT2D eigenvalue weighted by atomic mass is 16.5. The van der Waals surface area contributed by atoms with E-state index in [0.717, 1.165) is 32.4 Å². The van der Waals surface area contributed by atoms with Crippen molar-refractivity contribution in [1.82, 2.24) is 4.90 Å². The summed E-state index contributed by atoms with van der Waals surface area (Å²) in [6.07, 6.45) is 8.48. The van der Waals surface area contributed by atoms with Crippen molar-refractivity contribution in [1.29, 1.82) is 5.26 Å². The predicted molar refractivity (Wildman–Crippen MR) is 67.7 cm³/mol. The minimum atomic E-state index is 0.171. The third-order valence-electron chi connectivity index (χ3n) is 4.28. The van der Waals surface area contributed by atoms with Crippen LogP contribution in [0, 0.1) is 11.3 Å². The van der Waals surface area contributed by atoms with E-state index in [9.17, 15) is 0 Å². The molecule has 2 aliphatic rings. The molecule has 3 heteroatoms. The number of rotatable bonds is 4. The van der Waals surface area contributed by atoms with Crippen LogP contribution in [0.15, 0.2) is 0 Å². The molecule has 0 radical (unpaired) electrons. The lowest BCUT2D eigenvalue weighted by molar-refractivity contribution is -0.100. The Bertz CT molecular complexity index is 278. The zero-order valence-electron chi connectivity index (χ0n) is 11.0. The van der Waals surface area contributed by atoms with Crippen molar-refractivity contribution in [2.75, 3.05) is 19.7 Å². The van der Waals surface area contributed by atoms with Gasteiger partial charge < -0.3 is 4.74 Å². The fourth-order valence-electron chi connectivity index (χ4n) is 3.45. The first-order valence-electron chi connectivity index (χ1n) is 7.04. The van der Waals surface area contributed by atoms with Gasteiger partial charge in [0, 0.05) is 12.6 Å². The molecule has 1 saturated heterocycles. The summed E-state index contributed by atoms with van der Waals surface area (Å²) in [6, 6.07) is 2.88. The molecule has 1 saturated carbocycles. The van der Waals surface area contributed by atoms with Crippen molar-refractivity contribution < 1.29 is 4.74 Å². The normalized spacial score (nSPS) is 27.5. The van der Waals surface area contributed by atoms with E-state index < -0.39 is 0 Å². The van der Waals surface area contributed by atoms with Gasteiger partial charge in [-0.2, -0.15) is 5.26 Å². The van der Waals surface area contributed by atoms with Gasteiger partial charge in [0.05, 0.1) is 18.2 Å². The molecule has 1 aliphatic carbocycles. The molecule has 0 N–H and O–H groups in total. The molecule has 96 valence electrons. The Balaban J connectivity index is 1.97. The summed E-state index contributed by atoms with van der Waals surface area (Å²) in [5, 5.41) is 8.93. The maximum Gasteiger partial charge on any atom is 0.0868 e. The molecule has 0 aromatic carbocycles. The lowest BCUT2D eigenvalue weighted by Gasteiger charge is -2.42. The first kappa shape index (κ1) is 12.9. The van der Waals surface area contributed by atoms with Crippen LogP contribution in [0.1, 0.15) is 51.9 Å². The predicted octanol–water partition coefficient (Wildman–Crippen LogP) is 2.71. The summed E-state index contributed by atoms with van der Waals surface area (Å²) in [6.45, 7) is 4.70. The second-order valence-electron chi connectivity index (χ2n) is 5.51. The number of ether oxygens (including phenoxy) is 1. The van der Waals surface area contributed by atoms with Gasteiger partial charge in [0.15, 0.2) is 0 Å². The number of hydrogen-bond donors (Lipinski definition) is 0. The average molecular weight is 236 g/mol. The van der Waals surface area contributed by atoms with Gasteiger partial charge in [0.25, 0.3) is 0 Å². The van der Waals surface area contributed by atoms with E-state index in [1.165, 1.54) is 25.7 Å². The molecule has 2 rings (SSSR count). The van der Waals surface area contributed by atoms with Crippen LogP contribution in [0.4, 0.5) is 0 Å². The molecule has 17 heavy (non-hydrogen) atoms. The smallest absolute Gasteiger partial charge is 0.0868 e. The summed E-state index contributed by atoms with van der Waals surface area (Å²) in [4.78, 5) is 2.36. The monoisotopic (exact) mass is 236 g/mol. The van der Waals surface area contributed by atoms with Crippen molar-refractivity contribution in [3.63, 3.8) is 0 Å². The first-order chi connectivity index (χ1) is 8.29. The molecule has 2 fully saturated rings. The van der Waals surface area contributed by atoms with E-state index in [2.05, 4.69) is 17.9 Å². The quantitative estimate of drug-likeness (QED) is 0.704. The van der Waals surface area contributed by atoms with E-state index in [0.29, 0.717) is 12.6 Å². The van der Waals surface area contributed by atoms with Gasteiger partial charge in [0.2, 0.25) is 0 Å². The Labute approximate surface area is 105 Å². The third-order valence-corrected chi connectivity index (χ3v) is 4.28. The van der Waals surface area contributed by atoms with Crippen LogP contribution in [0.3, 0.4) is 0 Å². The summed E-state index contributed by atoms with van der Waals surface area (Å²) < 4.78 is 6.05. The Morgan fingerprint density at radius 2 is 2.18 bits per heavy atom. The number of hydrogen-bond acceptors (Lipinski definition) is 3. The fraction of sp³-hybridized carbons (Fsp3) is 0.929.